The summed E-state index contributed by atoms with van der Waals surface area (Å²) in [7, 11) is 0. The highest BCUT2D eigenvalue weighted by molar-refractivity contribution is 5.92. The average molecular weight is 280 g/mol. The highest BCUT2D eigenvalue weighted by atomic mass is 16.1. The van der Waals surface area contributed by atoms with Gasteiger partial charge in [-0.1, -0.05) is 24.3 Å². The van der Waals surface area contributed by atoms with Crippen molar-refractivity contribution in [1.82, 2.24) is 10.3 Å². The first-order valence-corrected chi connectivity index (χ1v) is 6.65. The van der Waals surface area contributed by atoms with E-state index in [-0.39, 0.29) is 5.91 Å². The first-order chi connectivity index (χ1) is 10.2. The van der Waals surface area contributed by atoms with E-state index in [9.17, 15) is 4.79 Å². The second-order valence-electron chi connectivity index (χ2n) is 4.58. The number of amides is 1. The maximum absolute atomic E-state index is 11.9. The number of nitriles is 1. The van der Waals surface area contributed by atoms with E-state index in [2.05, 4.69) is 10.3 Å². The summed E-state index contributed by atoms with van der Waals surface area (Å²) in [5.41, 5.74) is 8.42. The van der Waals surface area contributed by atoms with Crippen molar-refractivity contribution in [2.75, 3.05) is 6.54 Å². The molecule has 0 bridgehead atoms. The van der Waals surface area contributed by atoms with Gasteiger partial charge in [0.1, 0.15) is 11.8 Å². The summed E-state index contributed by atoms with van der Waals surface area (Å²) in [5, 5.41) is 11.5. The van der Waals surface area contributed by atoms with Gasteiger partial charge in [0.05, 0.1) is 5.56 Å². The fraction of sp³-hybridized carbons (Fsp3) is 0.188. The molecule has 0 atom stereocenters. The molecule has 1 heterocycles. The second kappa shape index (κ2) is 7.17. The van der Waals surface area contributed by atoms with Gasteiger partial charge in [0.25, 0.3) is 5.91 Å². The van der Waals surface area contributed by atoms with Crippen LogP contribution in [0.15, 0.2) is 42.6 Å². The van der Waals surface area contributed by atoms with Crippen LogP contribution in [0.2, 0.25) is 0 Å². The Hall–Kier alpha value is -2.71. The molecule has 0 saturated carbocycles. The molecule has 0 spiro atoms. The second-order valence-corrected chi connectivity index (χ2v) is 4.58. The van der Waals surface area contributed by atoms with Gasteiger partial charge in [-0.3, -0.25) is 4.79 Å². The molecule has 5 nitrogen and oxygen atoms in total. The zero-order valence-corrected chi connectivity index (χ0v) is 11.5. The van der Waals surface area contributed by atoms with E-state index in [1.54, 1.807) is 6.07 Å². The Bertz CT molecular complexity index is 641. The molecule has 1 amide bonds. The van der Waals surface area contributed by atoms with Crippen LogP contribution in [0.4, 0.5) is 0 Å². The van der Waals surface area contributed by atoms with Crippen LogP contribution in [0.3, 0.4) is 0 Å². The van der Waals surface area contributed by atoms with E-state index >= 15 is 0 Å². The molecule has 0 saturated heterocycles. The van der Waals surface area contributed by atoms with Crippen LogP contribution < -0.4 is 11.1 Å². The smallest absolute Gasteiger partial charge is 0.270 e. The third-order valence-electron chi connectivity index (χ3n) is 3.03. The van der Waals surface area contributed by atoms with Gasteiger partial charge >= 0.3 is 0 Å². The van der Waals surface area contributed by atoms with E-state index in [0.29, 0.717) is 24.3 Å². The summed E-state index contributed by atoms with van der Waals surface area (Å²) >= 11 is 0. The van der Waals surface area contributed by atoms with Gasteiger partial charge in [-0.15, -0.1) is 0 Å². The molecule has 21 heavy (non-hydrogen) atoms. The fourth-order valence-electron chi connectivity index (χ4n) is 1.86. The van der Waals surface area contributed by atoms with Gasteiger partial charge in [-0.25, -0.2) is 4.98 Å². The maximum atomic E-state index is 11.9. The minimum atomic E-state index is -0.259. The fourth-order valence-corrected chi connectivity index (χ4v) is 1.86. The number of carbonyl (C=O) groups excluding carboxylic acids is 1. The van der Waals surface area contributed by atoms with Crippen LogP contribution in [0.1, 0.15) is 27.2 Å². The molecule has 3 N–H and O–H groups in total. The highest BCUT2D eigenvalue weighted by Gasteiger charge is 2.06. The van der Waals surface area contributed by atoms with Crippen LogP contribution in [-0.4, -0.2) is 17.4 Å². The monoisotopic (exact) mass is 280 g/mol. The highest BCUT2D eigenvalue weighted by Crippen LogP contribution is 2.05. The minimum Gasteiger partial charge on any atom is -0.347 e. The van der Waals surface area contributed by atoms with Crippen molar-refractivity contribution in [3.8, 4) is 6.07 Å². The average Bonchev–Trinajstić information content (AvgIpc) is 2.54. The number of nitrogens with two attached hydrogens (primary N) is 1. The zero-order valence-electron chi connectivity index (χ0n) is 11.5. The summed E-state index contributed by atoms with van der Waals surface area (Å²) < 4.78 is 0. The number of carbonyl (C=O) groups is 1. The normalized spacial score (nSPS) is 9.90. The number of aromatic nitrogens is 1. The molecule has 0 radical (unpaired) electrons. The molecular weight excluding hydrogens is 264 g/mol. The first-order valence-electron chi connectivity index (χ1n) is 6.65. The molecule has 2 rings (SSSR count). The maximum Gasteiger partial charge on any atom is 0.270 e. The molecule has 2 aromatic rings. The van der Waals surface area contributed by atoms with Gasteiger partial charge in [0, 0.05) is 12.7 Å². The Morgan fingerprint density at radius 2 is 1.90 bits per heavy atom. The van der Waals surface area contributed by atoms with Crippen molar-refractivity contribution < 1.29 is 4.79 Å². The number of rotatable bonds is 5. The van der Waals surface area contributed by atoms with Crippen molar-refractivity contribution in [3.05, 3.63) is 65.0 Å². The lowest BCUT2D eigenvalue weighted by Crippen LogP contribution is -2.23. The van der Waals surface area contributed by atoms with Crippen LogP contribution in [0, 0.1) is 11.3 Å². The summed E-state index contributed by atoms with van der Waals surface area (Å²) in [5.74, 6) is -0.259. The van der Waals surface area contributed by atoms with Gasteiger partial charge in [0.15, 0.2) is 0 Å². The lowest BCUT2D eigenvalue weighted by Gasteiger charge is -2.06. The Kier molecular flexibility index (Phi) is 5.02. The molecule has 5 heteroatoms. The largest absolute Gasteiger partial charge is 0.347 e. The van der Waals surface area contributed by atoms with Crippen molar-refractivity contribution in [3.63, 3.8) is 0 Å². The Balaban J connectivity index is 1.92. The summed E-state index contributed by atoms with van der Waals surface area (Å²) in [6.07, 6.45) is 2.23. The lowest BCUT2D eigenvalue weighted by molar-refractivity contribution is 0.0946. The summed E-state index contributed by atoms with van der Waals surface area (Å²) in [6, 6.07) is 13.0. The van der Waals surface area contributed by atoms with E-state index in [1.165, 1.54) is 17.8 Å². The summed E-state index contributed by atoms with van der Waals surface area (Å²) in [4.78, 5) is 15.9. The van der Waals surface area contributed by atoms with E-state index in [1.807, 2.05) is 30.3 Å². The third-order valence-corrected chi connectivity index (χ3v) is 3.03. The van der Waals surface area contributed by atoms with Crippen molar-refractivity contribution in [2.24, 2.45) is 5.73 Å². The minimum absolute atomic E-state index is 0.259. The Morgan fingerprint density at radius 1 is 1.19 bits per heavy atom. The molecule has 0 fully saturated rings. The van der Waals surface area contributed by atoms with E-state index < -0.39 is 0 Å². The lowest BCUT2D eigenvalue weighted by atomic mass is 10.1. The molecule has 0 aliphatic carbocycles. The Morgan fingerprint density at radius 3 is 2.48 bits per heavy atom. The van der Waals surface area contributed by atoms with Gasteiger partial charge in [-0.2, -0.15) is 5.26 Å². The number of benzene rings is 1. The van der Waals surface area contributed by atoms with Crippen molar-refractivity contribution in [1.29, 1.82) is 5.26 Å². The summed E-state index contributed by atoms with van der Waals surface area (Å²) in [6.45, 7) is 1.06. The SMILES string of the molecule is N#Cc1ccc(C(=O)NCc2ccc(CCN)cc2)nc1. The number of hydrogen-bond acceptors (Lipinski definition) is 4. The topological polar surface area (TPSA) is 91.8 Å². The van der Waals surface area contributed by atoms with Crippen molar-refractivity contribution >= 4 is 5.91 Å². The quantitative estimate of drug-likeness (QED) is 0.865. The number of pyridine rings is 1. The van der Waals surface area contributed by atoms with Crippen molar-refractivity contribution in [2.45, 2.75) is 13.0 Å². The van der Waals surface area contributed by atoms with Gasteiger partial charge < -0.3 is 11.1 Å². The number of nitrogens with one attached hydrogen (secondary N) is 1. The van der Waals surface area contributed by atoms with Crippen LogP contribution in [0.25, 0.3) is 0 Å². The van der Waals surface area contributed by atoms with Gasteiger partial charge in [0.2, 0.25) is 0 Å². The molecular formula is C16H16N4O. The van der Waals surface area contributed by atoms with E-state index in [4.69, 9.17) is 11.0 Å². The number of hydrogen-bond donors (Lipinski definition) is 2. The molecule has 106 valence electrons. The van der Waals surface area contributed by atoms with Crippen LogP contribution >= 0.6 is 0 Å². The first kappa shape index (κ1) is 14.7. The third kappa shape index (κ3) is 4.13. The van der Waals surface area contributed by atoms with Crippen LogP contribution in [0.5, 0.6) is 0 Å². The molecule has 1 aromatic carbocycles. The predicted molar refractivity (Wildman–Crippen MR) is 79.3 cm³/mol. The molecule has 0 unspecified atom stereocenters. The van der Waals surface area contributed by atoms with Crippen LogP contribution in [-0.2, 0) is 13.0 Å². The van der Waals surface area contributed by atoms with Gasteiger partial charge in [-0.05, 0) is 36.2 Å². The molecule has 1 aromatic heterocycles. The molecule has 0 aliphatic rings. The predicted octanol–water partition coefficient (Wildman–Crippen LogP) is 1.38. The molecule has 0 aliphatic heterocycles. The standard InChI is InChI=1S/C16H16N4O/c17-8-7-12-1-3-13(4-2-12)10-20-16(21)15-6-5-14(9-18)11-19-15/h1-6,11H,7-8,10,17H2,(H,20,21). The van der Waals surface area contributed by atoms with E-state index in [0.717, 1.165) is 12.0 Å². The zero-order chi connectivity index (χ0) is 15.1. The number of nitrogens with zero attached hydrogens (tertiary/aromatic N) is 2. The Labute approximate surface area is 123 Å².